The van der Waals surface area contributed by atoms with Crippen LogP contribution in [0.2, 0.25) is 0 Å². The number of rotatable bonds is 6. The summed E-state index contributed by atoms with van der Waals surface area (Å²) >= 11 is 0. The maximum absolute atomic E-state index is 12.5. The van der Waals surface area contributed by atoms with Gasteiger partial charge in [0.2, 0.25) is 27.7 Å². The van der Waals surface area contributed by atoms with Crippen molar-refractivity contribution in [3.05, 3.63) is 18.2 Å². The number of imide groups is 1. The van der Waals surface area contributed by atoms with Crippen molar-refractivity contribution in [2.24, 2.45) is 17.0 Å². The Labute approximate surface area is 170 Å². The van der Waals surface area contributed by atoms with Gasteiger partial charge in [-0.05, 0) is 31.0 Å². The van der Waals surface area contributed by atoms with Gasteiger partial charge in [-0.1, -0.05) is 12.8 Å². The molecule has 3 N–H and O–H groups in total. The first-order valence-electron chi connectivity index (χ1n) is 9.59. The lowest BCUT2D eigenvalue weighted by Gasteiger charge is -2.19. The van der Waals surface area contributed by atoms with E-state index in [1.807, 2.05) is 0 Å². The number of hydrogen-bond donors (Lipinski definition) is 2. The maximum Gasteiger partial charge on any atom is 0.238 e. The molecule has 10 heteroatoms. The maximum atomic E-state index is 12.5. The Balaban J connectivity index is 1.69. The van der Waals surface area contributed by atoms with E-state index in [0.717, 1.165) is 25.7 Å². The van der Waals surface area contributed by atoms with Crippen LogP contribution in [-0.2, 0) is 24.4 Å². The molecule has 2 fully saturated rings. The number of fused-ring (bicyclic) bond motifs is 1. The van der Waals surface area contributed by atoms with Crippen molar-refractivity contribution in [1.29, 1.82) is 0 Å². The van der Waals surface area contributed by atoms with E-state index in [-0.39, 0.29) is 41.5 Å². The zero-order valence-corrected chi connectivity index (χ0v) is 17.4. The highest BCUT2D eigenvalue weighted by Gasteiger charge is 2.47. The molecule has 0 unspecified atom stereocenters. The molecule has 2 atom stereocenters. The predicted octanol–water partition coefficient (Wildman–Crippen LogP) is 0.904. The predicted molar refractivity (Wildman–Crippen MR) is 108 cm³/mol. The van der Waals surface area contributed by atoms with Crippen LogP contribution in [0.25, 0.3) is 0 Å². The second kappa shape index (κ2) is 8.11. The number of benzene rings is 1. The molecule has 1 aromatic rings. The fourth-order valence-corrected chi connectivity index (χ4v) is 4.60. The highest BCUT2D eigenvalue weighted by atomic mass is 32.2. The van der Waals surface area contributed by atoms with E-state index in [1.54, 1.807) is 25.1 Å². The fraction of sp³-hybridized carbons (Fsp3) is 0.526. The van der Waals surface area contributed by atoms with Crippen LogP contribution in [0.1, 0.15) is 32.1 Å². The summed E-state index contributed by atoms with van der Waals surface area (Å²) in [5.74, 6) is -1.28. The summed E-state index contributed by atoms with van der Waals surface area (Å²) in [6, 6.07) is 4.21. The van der Waals surface area contributed by atoms with E-state index in [4.69, 9.17) is 5.14 Å². The van der Waals surface area contributed by atoms with Gasteiger partial charge >= 0.3 is 0 Å². The van der Waals surface area contributed by atoms with Gasteiger partial charge in [-0.15, -0.1) is 0 Å². The third-order valence-corrected chi connectivity index (χ3v) is 6.46. The SMILES string of the molecule is CN(C)c1ccc(S(N)(=O)=O)cc1NC(=O)CCN1C(=O)[C@H]2CCCC[C@@H]2C1=O. The zero-order valence-electron chi connectivity index (χ0n) is 16.6. The number of carbonyl (C=O) groups excluding carboxylic acids is 3. The number of sulfonamides is 1. The minimum Gasteiger partial charge on any atom is -0.376 e. The normalized spacial score (nSPS) is 21.8. The zero-order chi connectivity index (χ0) is 21.3. The quantitative estimate of drug-likeness (QED) is 0.655. The van der Waals surface area contributed by atoms with Crippen molar-refractivity contribution >= 4 is 39.1 Å². The number of nitrogens with two attached hydrogens (primary N) is 1. The molecule has 2 aliphatic rings. The van der Waals surface area contributed by atoms with Crippen molar-refractivity contribution in [3.63, 3.8) is 0 Å². The molecule has 0 radical (unpaired) electrons. The number of nitrogens with zero attached hydrogens (tertiary/aromatic N) is 2. The molecule has 9 nitrogen and oxygen atoms in total. The van der Waals surface area contributed by atoms with Crippen molar-refractivity contribution in [2.75, 3.05) is 30.9 Å². The lowest BCUT2D eigenvalue weighted by Crippen LogP contribution is -2.34. The molecular formula is C19H26N4O5S. The number of nitrogens with one attached hydrogen (secondary N) is 1. The summed E-state index contributed by atoms with van der Waals surface area (Å²) < 4.78 is 23.2. The van der Waals surface area contributed by atoms with E-state index < -0.39 is 15.9 Å². The minimum absolute atomic E-state index is 0.0165. The smallest absolute Gasteiger partial charge is 0.238 e. The highest BCUT2D eigenvalue weighted by molar-refractivity contribution is 7.89. The number of carbonyl (C=O) groups is 3. The standard InChI is InChI=1S/C19H26N4O5S/c1-22(2)16-8-7-12(29(20,27)28)11-15(16)21-17(24)9-10-23-18(25)13-5-3-4-6-14(13)19(23)26/h7-8,11,13-14H,3-6,9-10H2,1-2H3,(H,21,24)(H2,20,27,28)/t13-,14-/m0/s1. The summed E-state index contributed by atoms with van der Waals surface area (Å²) in [4.78, 5) is 40.3. The molecule has 3 rings (SSSR count). The van der Waals surface area contributed by atoms with Crippen LogP contribution < -0.4 is 15.4 Å². The van der Waals surface area contributed by atoms with Gasteiger partial charge in [0.05, 0.1) is 28.1 Å². The first-order chi connectivity index (χ1) is 13.6. The van der Waals surface area contributed by atoms with Gasteiger partial charge in [-0.3, -0.25) is 19.3 Å². The van der Waals surface area contributed by atoms with E-state index in [9.17, 15) is 22.8 Å². The Hall–Kier alpha value is -2.46. The molecule has 1 saturated carbocycles. The van der Waals surface area contributed by atoms with Crippen LogP contribution in [0.15, 0.2) is 23.1 Å². The van der Waals surface area contributed by atoms with E-state index >= 15 is 0 Å². The van der Waals surface area contributed by atoms with Gasteiger partial charge in [0.1, 0.15) is 0 Å². The van der Waals surface area contributed by atoms with Gasteiger partial charge in [0, 0.05) is 27.1 Å². The minimum atomic E-state index is -3.92. The molecule has 3 amide bonds. The number of likely N-dealkylation sites (tertiary alicyclic amines) is 1. The molecule has 1 aromatic carbocycles. The van der Waals surface area contributed by atoms with Gasteiger partial charge in [0.15, 0.2) is 0 Å². The fourth-order valence-electron chi connectivity index (χ4n) is 4.06. The van der Waals surface area contributed by atoms with Gasteiger partial charge < -0.3 is 10.2 Å². The third kappa shape index (κ3) is 4.43. The highest BCUT2D eigenvalue weighted by Crippen LogP contribution is 2.38. The Morgan fingerprint density at radius 2 is 1.76 bits per heavy atom. The van der Waals surface area contributed by atoms with Crippen molar-refractivity contribution in [2.45, 2.75) is 37.0 Å². The van der Waals surface area contributed by atoms with Crippen LogP contribution in [-0.4, -0.2) is 51.7 Å². The summed E-state index contributed by atoms with van der Waals surface area (Å²) in [6.07, 6.45) is 3.28. The molecular weight excluding hydrogens is 396 g/mol. The first kappa shape index (κ1) is 21.3. The first-order valence-corrected chi connectivity index (χ1v) is 11.1. The molecule has 0 bridgehead atoms. The summed E-state index contributed by atoms with van der Waals surface area (Å²) in [5.41, 5.74) is 0.893. The molecule has 29 heavy (non-hydrogen) atoms. The lowest BCUT2D eigenvalue weighted by atomic mass is 9.81. The molecule has 1 aliphatic heterocycles. The van der Waals surface area contributed by atoms with Gasteiger partial charge in [0.25, 0.3) is 0 Å². The molecule has 1 aliphatic carbocycles. The average Bonchev–Trinajstić information content (AvgIpc) is 2.90. The van der Waals surface area contributed by atoms with Crippen molar-refractivity contribution in [3.8, 4) is 0 Å². The summed E-state index contributed by atoms with van der Waals surface area (Å²) in [6.45, 7) is 0.0165. The van der Waals surface area contributed by atoms with E-state index in [1.165, 1.54) is 17.0 Å². The van der Waals surface area contributed by atoms with Crippen molar-refractivity contribution in [1.82, 2.24) is 4.90 Å². The number of amides is 3. The van der Waals surface area contributed by atoms with Crippen molar-refractivity contribution < 1.29 is 22.8 Å². The average molecular weight is 423 g/mol. The molecule has 1 saturated heterocycles. The second-order valence-corrected chi connectivity index (χ2v) is 9.30. The van der Waals surface area contributed by atoms with Gasteiger partial charge in [-0.25, -0.2) is 13.6 Å². The van der Waals surface area contributed by atoms with E-state index in [2.05, 4.69) is 5.32 Å². The Morgan fingerprint density at radius 1 is 1.17 bits per heavy atom. The number of primary sulfonamides is 1. The van der Waals surface area contributed by atoms with Crippen LogP contribution in [0.5, 0.6) is 0 Å². The number of hydrogen-bond acceptors (Lipinski definition) is 6. The number of anilines is 2. The van der Waals surface area contributed by atoms with Crippen LogP contribution in [0, 0.1) is 11.8 Å². The Kier molecular flexibility index (Phi) is 5.95. The second-order valence-electron chi connectivity index (χ2n) is 7.74. The third-order valence-electron chi connectivity index (χ3n) is 5.55. The monoisotopic (exact) mass is 422 g/mol. The molecule has 1 heterocycles. The summed E-state index contributed by atoms with van der Waals surface area (Å²) in [5, 5.41) is 7.85. The largest absolute Gasteiger partial charge is 0.376 e. The molecule has 0 aromatic heterocycles. The molecule has 158 valence electrons. The van der Waals surface area contributed by atoms with Crippen LogP contribution >= 0.6 is 0 Å². The Morgan fingerprint density at radius 3 is 2.28 bits per heavy atom. The lowest BCUT2D eigenvalue weighted by molar-refractivity contribution is -0.140. The molecule has 0 spiro atoms. The Bertz CT molecular complexity index is 920. The van der Waals surface area contributed by atoms with E-state index in [0.29, 0.717) is 11.4 Å². The van der Waals surface area contributed by atoms with Gasteiger partial charge in [-0.2, -0.15) is 0 Å². The van der Waals surface area contributed by atoms with Crippen LogP contribution in [0.4, 0.5) is 11.4 Å². The van der Waals surface area contributed by atoms with Crippen LogP contribution in [0.3, 0.4) is 0 Å². The summed E-state index contributed by atoms with van der Waals surface area (Å²) in [7, 11) is -0.413. The topological polar surface area (TPSA) is 130 Å².